The number of carboxylic acids is 1. The molecule has 1 aliphatic rings. The lowest BCUT2D eigenvalue weighted by molar-refractivity contribution is 0.0684. The number of carbonyl (C=O) groups is 1. The molecule has 0 atom stereocenters. The first-order valence-corrected chi connectivity index (χ1v) is 8.68. The number of nitrogens with zero attached hydrogens (tertiary/aromatic N) is 1. The Morgan fingerprint density at radius 2 is 1.96 bits per heavy atom. The summed E-state index contributed by atoms with van der Waals surface area (Å²) in [5.41, 5.74) is 2.38. The summed E-state index contributed by atoms with van der Waals surface area (Å²) >= 11 is 0. The first kappa shape index (κ1) is 16.1. The summed E-state index contributed by atoms with van der Waals surface area (Å²) in [5, 5.41) is 14.4. The van der Waals surface area contributed by atoms with Crippen LogP contribution in [-0.2, 0) is 13.1 Å². The van der Waals surface area contributed by atoms with Gasteiger partial charge in [0.05, 0.1) is 0 Å². The van der Waals surface area contributed by atoms with Crippen LogP contribution in [0.1, 0.15) is 55.6 Å². The minimum Gasteiger partial charge on any atom is -0.477 e. The van der Waals surface area contributed by atoms with Gasteiger partial charge >= 0.3 is 5.97 Å². The largest absolute Gasteiger partial charge is 0.477 e. The molecule has 2 aromatic rings. The maximum Gasteiger partial charge on any atom is 0.352 e. The second-order valence-corrected chi connectivity index (χ2v) is 6.73. The van der Waals surface area contributed by atoms with Gasteiger partial charge in [-0.1, -0.05) is 25.1 Å². The van der Waals surface area contributed by atoms with Gasteiger partial charge in [-0.3, -0.25) is 0 Å². The first-order valence-electron chi connectivity index (χ1n) is 8.68. The van der Waals surface area contributed by atoms with Crippen molar-refractivity contribution >= 4 is 16.9 Å². The standard InChI is InChI=1S/C19H26N2O2/c1-3-21-17-7-5-4-6-15(17)16(18(21)19(22)23)12-20-14-10-8-13(2)9-11-14/h4-7,13-14,20H,3,8-12H2,1-2H3,(H,22,23). The van der Waals surface area contributed by atoms with Gasteiger partial charge in [-0.25, -0.2) is 4.79 Å². The van der Waals surface area contributed by atoms with Crippen LogP contribution in [0.4, 0.5) is 0 Å². The molecule has 2 N–H and O–H groups in total. The predicted molar refractivity (Wildman–Crippen MR) is 92.8 cm³/mol. The molecule has 1 aromatic carbocycles. The van der Waals surface area contributed by atoms with Crippen molar-refractivity contribution in [2.75, 3.05) is 0 Å². The highest BCUT2D eigenvalue weighted by Gasteiger charge is 2.23. The zero-order chi connectivity index (χ0) is 16.4. The summed E-state index contributed by atoms with van der Waals surface area (Å²) in [6.07, 6.45) is 4.91. The number of rotatable bonds is 5. The second-order valence-electron chi connectivity index (χ2n) is 6.73. The van der Waals surface area contributed by atoms with Gasteiger partial charge in [0.2, 0.25) is 0 Å². The van der Waals surface area contributed by atoms with Crippen LogP contribution in [0.5, 0.6) is 0 Å². The summed E-state index contributed by atoms with van der Waals surface area (Å²) in [6, 6.07) is 8.52. The average molecular weight is 314 g/mol. The van der Waals surface area contributed by atoms with Crippen molar-refractivity contribution in [2.24, 2.45) is 5.92 Å². The summed E-state index contributed by atoms with van der Waals surface area (Å²) in [6.45, 7) is 5.61. The van der Waals surface area contributed by atoms with Crippen LogP contribution in [0.25, 0.3) is 10.9 Å². The van der Waals surface area contributed by atoms with E-state index in [1.165, 1.54) is 25.7 Å². The molecular weight excluding hydrogens is 288 g/mol. The molecule has 1 heterocycles. The Morgan fingerprint density at radius 3 is 2.61 bits per heavy atom. The lowest BCUT2D eigenvalue weighted by Gasteiger charge is -2.27. The molecule has 0 unspecified atom stereocenters. The number of nitrogens with one attached hydrogen (secondary N) is 1. The third-order valence-corrected chi connectivity index (χ3v) is 5.18. The number of aromatic nitrogens is 1. The number of carboxylic acid groups (broad SMARTS) is 1. The third kappa shape index (κ3) is 3.13. The van der Waals surface area contributed by atoms with Crippen LogP contribution in [0.2, 0.25) is 0 Å². The normalized spacial score (nSPS) is 21.7. The SMILES string of the molecule is CCn1c(C(=O)O)c(CNC2CCC(C)CC2)c2ccccc21. The highest BCUT2D eigenvalue weighted by molar-refractivity contribution is 5.98. The van der Waals surface area contributed by atoms with Gasteiger partial charge in [-0.15, -0.1) is 0 Å². The van der Waals surface area contributed by atoms with E-state index >= 15 is 0 Å². The van der Waals surface area contributed by atoms with E-state index in [1.807, 2.05) is 35.8 Å². The van der Waals surface area contributed by atoms with E-state index in [2.05, 4.69) is 12.2 Å². The third-order valence-electron chi connectivity index (χ3n) is 5.18. The number of fused-ring (bicyclic) bond motifs is 1. The van der Waals surface area contributed by atoms with Crippen LogP contribution in [0, 0.1) is 5.92 Å². The van der Waals surface area contributed by atoms with Gasteiger partial charge < -0.3 is 15.0 Å². The Morgan fingerprint density at radius 1 is 1.26 bits per heavy atom. The average Bonchev–Trinajstić information content (AvgIpc) is 2.88. The summed E-state index contributed by atoms with van der Waals surface area (Å²) in [7, 11) is 0. The summed E-state index contributed by atoms with van der Waals surface area (Å²) in [5.74, 6) is -0.0123. The quantitative estimate of drug-likeness (QED) is 0.876. The number of benzene rings is 1. The monoisotopic (exact) mass is 314 g/mol. The highest BCUT2D eigenvalue weighted by atomic mass is 16.4. The number of hydrogen-bond donors (Lipinski definition) is 2. The van der Waals surface area contributed by atoms with E-state index < -0.39 is 5.97 Å². The Balaban J connectivity index is 1.90. The zero-order valence-corrected chi connectivity index (χ0v) is 14.0. The van der Waals surface area contributed by atoms with E-state index in [4.69, 9.17) is 0 Å². The summed E-state index contributed by atoms with van der Waals surface area (Å²) in [4.78, 5) is 11.8. The molecule has 1 aliphatic carbocycles. The van der Waals surface area contributed by atoms with Crippen molar-refractivity contribution in [1.29, 1.82) is 0 Å². The molecule has 1 fully saturated rings. The fraction of sp³-hybridized carbons (Fsp3) is 0.526. The number of para-hydroxylation sites is 1. The predicted octanol–water partition coefficient (Wildman–Crippen LogP) is 4.03. The van der Waals surface area contributed by atoms with Crippen LogP contribution in [0.3, 0.4) is 0 Å². The van der Waals surface area contributed by atoms with Gasteiger partial charge in [0.15, 0.2) is 0 Å². The van der Waals surface area contributed by atoms with E-state index in [0.29, 0.717) is 24.8 Å². The maximum atomic E-state index is 11.8. The molecule has 4 heteroatoms. The molecule has 23 heavy (non-hydrogen) atoms. The molecule has 3 rings (SSSR count). The number of aromatic carboxylic acids is 1. The fourth-order valence-electron chi connectivity index (χ4n) is 3.84. The minimum atomic E-state index is -0.836. The fourth-order valence-corrected chi connectivity index (χ4v) is 3.84. The maximum absolute atomic E-state index is 11.8. The molecule has 124 valence electrons. The molecule has 1 saturated carbocycles. The Labute approximate surface area is 137 Å². The first-order chi connectivity index (χ1) is 11.1. The van der Waals surface area contributed by atoms with Crippen molar-refractivity contribution in [3.05, 3.63) is 35.5 Å². The van der Waals surface area contributed by atoms with E-state index in [1.54, 1.807) is 0 Å². The van der Waals surface area contributed by atoms with Crippen LogP contribution in [-0.4, -0.2) is 21.7 Å². The van der Waals surface area contributed by atoms with Gasteiger partial charge in [0.25, 0.3) is 0 Å². The van der Waals surface area contributed by atoms with Crippen molar-refractivity contribution < 1.29 is 9.90 Å². The van der Waals surface area contributed by atoms with Crippen molar-refractivity contribution in [2.45, 2.75) is 58.7 Å². The van der Waals surface area contributed by atoms with Gasteiger partial charge in [-0.05, 0) is 44.6 Å². The summed E-state index contributed by atoms with van der Waals surface area (Å²) < 4.78 is 1.91. The molecule has 0 aliphatic heterocycles. The number of hydrogen-bond acceptors (Lipinski definition) is 2. The Bertz CT molecular complexity index is 697. The van der Waals surface area contributed by atoms with E-state index in [9.17, 15) is 9.90 Å². The lowest BCUT2D eigenvalue weighted by Crippen LogP contribution is -2.32. The molecule has 0 amide bonds. The van der Waals surface area contributed by atoms with E-state index in [-0.39, 0.29) is 0 Å². The highest BCUT2D eigenvalue weighted by Crippen LogP contribution is 2.28. The molecule has 0 saturated heterocycles. The molecule has 0 spiro atoms. The second kappa shape index (κ2) is 6.75. The van der Waals surface area contributed by atoms with Crippen molar-refractivity contribution in [3.63, 3.8) is 0 Å². The van der Waals surface area contributed by atoms with Crippen molar-refractivity contribution in [3.8, 4) is 0 Å². The van der Waals surface area contributed by atoms with Crippen LogP contribution in [0.15, 0.2) is 24.3 Å². The van der Waals surface area contributed by atoms with Crippen LogP contribution >= 0.6 is 0 Å². The Kier molecular flexibility index (Phi) is 4.71. The van der Waals surface area contributed by atoms with Gasteiger partial charge in [0.1, 0.15) is 5.69 Å². The van der Waals surface area contributed by atoms with E-state index in [0.717, 1.165) is 22.4 Å². The Hall–Kier alpha value is -1.81. The smallest absolute Gasteiger partial charge is 0.352 e. The van der Waals surface area contributed by atoms with Crippen molar-refractivity contribution in [1.82, 2.24) is 9.88 Å². The van der Waals surface area contributed by atoms with Crippen LogP contribution < -0.4 is 5.32 Å². The molecule has 1 aromatic heterocycles. The number of aryl methyl sites for hydroxylation is 1. The molecular formula is C19H26N2O2. The molecule has 0 radical (unpaired) electrons. The topological polar surface area (TPSA) is 54.3 Å². The molecule has 0 bridgehead atoms. The molecule has 4 nitrogen and oxygen atoms in total. The van der Waals surface area contributed by atoms with Gasteiger partial charge in [0, 0.05) is 35.6 Å². The minimum absolute atomic E-state index is 0.436. The van der Waals surface area contributed by atoms with Gasteiger partial charge in [-0.2, -0.15) is 0 Å². The lowest BCUT2D eigenvalue weighted by atomic mass is 9.87. The zero-order valence-electron chi connectivity index (χ0n) is 14.0.